The second-order valence-corrected chi connectivity index (χ2v) is 6.53. The van der Waals surface area contributed by atoms with Crippen LogP contribution >= 0.6 is 0 Å². The summed E-state index contributed by atoms with van der Waals surface area (Å²) in [6.07, 6.45) is 4.68. The quantitative estimate of drug-likeness (QED) is 0.801. The van der Waals surface area contributed by atoms with Crippen LogP contribution < -0.4 is 0 Å². The monoisotopic (exact) mass is 227 g/mol. The number of nitrogens with zero attached hydrogens (tertiary/aromatic N) is 1. The largest absolute Gasteiger partial charge is 0.391 e. The summed E-state index contributed by atoms with van der Waals surface area (Å²) in [5.74, 6) is 0. The van der Waals surface area contributed by atoms with Gasteiger partial charge in [-0.05, 0) is 44.7 Å². The minimum absolute atomic E-state index is 0.0395. The predicted octanol–water partition coefficient (Wildman–Crippen LogP) is 3.05. The van der Waals surface area contributed by atoms with Crippen molar-refractivity contribution < 1.29 is 5.11 Å². The first kappa shape index (κ1) is 14.0. The lowest BCUT2D eigenvalue weighted by Crippen LogP contribution is -2.59. The molecule has 0 spiro atoms. The van der Waals surface area contributed by atoms with Crippen molar-refractivity contribution in [2.45, 2.75) is 71.9 Å². The molecule has 1 saturated heterocycles. The van der Waals surface area contributed by atoms with Crippen LogP contribution in [0.3, 0.4) is 0 Å². The molecular formula is C14H29NO. The Morgan fingerprint density at radius 3 is 1.94 bits per heavy atom. The Balaban J connectivity index is 2.82. The van der Waals surface area contributed by atoms with Crippen molar-refractivity contribution in [1.82, 2.24) is 4.90 Å². The Labute approximate surface area is 101 Å². The minimum atomic E-state index is -0.261. The van der Waals surface area contributed by atoms with E-state index in [0.717, 1.165) is 19.5 Å². The van der Waals surface area contributed by atoms with Crippen LogP contribution in [0, 0.1) is 5.41 Å². The Bertz CT molecular complexity index is 215. The van der Waals surface area contributed by atoms with Crippen LogP contribution in [-0.4, -0.2) is 34.7 Å². The summed E-state index contributed by atoms with van der Waals surface area (Å²) in [5, 5.41) is 10.6. The molecule has 2 heteroatoms. The molecule has 0 bridgehead atoms. The maximum atomic E-state index is 10.6. The van der Waals surface area contributed by atoms with Gasteiger partial charge in [0.2, 0.25) is 0 Å². The average molecular weight is 227 g/mol. The Kier molecular flexibility index (Phi) is 4.42. The molecule has 16 heavy (non-hydrogen) atoms. The lowest BCUT2D eigenvalue weighted by atomic mass is 9.74. The van der Waals surface area contributed by atoms with Crippen molar-refractivity contribution in [2.24, 2.45) is 5.41 Å². The summed E-state index contributed by atoms with van der Waals surface area (Å²) in [4.78, 5) is 2.51. The molecular weight excluding hydrogens is 198 g/mol. The molecule has 0 aliphatic carbocycles. The van der Waals surface area contributed by atoms with Gasteiger partial charge in [-0.25, -0.2) is 0 Å². The van der Waals surface area contributed by atoms with Crippen LogP contribution in [0.1, 0.15) is 60.3 Å². The van der Waals surface area contributed by atoms with Crippen LogP contribution in [0.25, 0.3) is 0 Å². The van der Waals surface area contributed by atoms with Gasteiger partial charge in [0.15, 0.2) is 0 Å². The van der Waals surface area contributed by atoms with Crippen LogP contribution in [-0.2, 0) is 0 Å². The maximum Gasteiger partial charge on any atom is 0.0769 e. The molecule has 1 aliphatic heterocycles. The van der Waals surface area contributed by atoms with E-state index in [2.05, 4.69) is 39.5 Å². The van der Waals surface area contributed by atoms with E-state index in [1.165, 1.54) is 19.3 Å². The van der Waals surface area contributed by atoms with Gasteiger partial charge in [-0.3, -0.25) is 4.90 Å². The number of rotatable bonds is 3. The van der Waals surface area contributed by atoms with Crippen molar-refractivity contribution in [2.75, 3.05) is 13.1 Å². The smallest absolute Gasteiger partial charge is 0.0769 e. The molecule has 0 aromatic carbocycles. The van der Waals surface area contributed by atoms with Gasteiger partial charge in [0.1, 0.15) is 0 Å². The third-order valence-electron chi connectivity index (χ3n) is 4.20. The number of hydrogen-bond acceptors (Lipinski definition) is 2. The highest BCUT2D eigenvalue weighted by molar-refractivity contribution is 4.97. The van der Waals surface area contributed by atoms with Crippen molar-refractivity contribution in [3.8, 4) is 0 Å². The van der Waals surface area contributed by atoms with Crippen molar-refractivity contribution in [3.05, 3.63) is 0 Å². The zero-order valence-corrected chi connectivity index (χ0v) is 11.7. The van der Waals surface area contributed by atoms with E-state index in [1.54, 1.807) is 0 Å². The van der Waals surface area contributed by atoms with Crippen molar-refractivity contribution in [1.29, 1.82) is 0 Å². The third kappa shape index (κ3) is 2.78. The van der Waals surface area contributed by atoms with E-state index in [9.17, 15) is 5.11 Å². The fourth-order valence-corrected chi connectivity index (χ4v) is 2.93. The second kappa shape index (κ2) is 5.05. The van der Waals surface area contributed by atoms with E-state index in [1.807, 2.05) is 0 Å². The molecule has 0 amide bonds. The molecule has 0 saturated carbocycles. The first-order valence-electron chi connectivity index (χ1n) is 6.75. The Hall–Kier alpha value is -0.0800. The number of hydrogen-bond donors (Lipinski definition) is 1. The first-order chi connectivity index (χ1) is 7.32. The van der Waals surface area contributed by atoms with E-state index in [4.69, 9.17) is 0 Å². The van der Waals surface area contributed by atoms with Gasteiger partial charge < -0.3 is 5.11 Å². The van der Waals surface area contributed by atoms with E-state index >= 15 is 0 Å². The maximum absolute atomic E-state index is 10.6. The van der Waals surface area contributed by atoms with Gasteiger partial charge in [0.25, 0.3) is 0 Å². The SMILES string of the molecule is CCC(C)(C(O)C(C)(C)C)N1CCCCC1. The summed E-state index contributed by atoms with van der Waals surface area (Å²) >= 11 is 0. The summed E-state index contributed by atoms with van der Waals surface area (Å²) in [6, 6.07) is 0. The Morgan fingerprint density at radius 2 is 1.56 bits per heavy atom. The molecule has 0 aromatic heterocycles. The van der Waals surface area contributed by atoms with Crippen LogP contribution in [0.2, 0.25) is 0 Å². The molecule has 0 aromatic rings. The van der Waals surface area contributed by atoms with Gasteiger partial charge in [0, 0.05) is 5.54 Å². The lowest BCUT2D eigenvalue weighted by molar-refractivity contribution is -0.0835. The number of piperidine rings is 1. The fraction of sp³-hybridized carbons (Fsp3) is 1.00. The highest BCUT2D eigenvalue weighted by Gasteiger charge is 2.43. The van der Waals surface area contributed by atoms with Crippen molar-refractivity contribution in [3.63, 3.8) is 0 Å². The van der Waals surface area contributed by atoms with E-state index in [-0.39, 0.29) is 17.1 Å². The summed E-state index contributed by atoms with van der Waals surface area (Å²) in [7, 11) is 0. The van der Waals surface area contributed by atoms with Gasteiger partial charge >= 0.3 is 0 Å². The molecule has 1 N–H and O–H groups in total. The molecule has 2 nitrogen and oxygen atoms in total. The van der Waals surface area contributed by atoms with Crippen molar-refractivity contribution >= 4 is 0 Å². The first-order valence-corrected chi connectivity index (χ1v) is 6.75. The minimum Gasteiger partial charge on any atom is -0.391 e. The summed E-state index contributed by atoms with van der Waals surface area (Å²) in [6.45, 7) is 13.1. The fourth-order valence-electron chi connectivity index (χ4n) is 2.93. The molecule has 2 atom stereocenters. The Morgan fingerprint density at radius 1 is 1.06 bits per heavy atom. The average Bonchev–Trinajstić information content (AvgIpc) is 2.27. The molecule has 1 heterocycles. The molecule has 0 radical (unpaired) electrons. The van der Waals surface area contributed by atoms with Gasteiger partial charge in [0.05, 0.1) is 6.10 Å². The number of likely N-dealkylation sites (tertiary alicyclic amines) is 1. The number of aliphatic hydroxyl groups is 1. The lowest BCUT2D eigenvalue weighted by Gasteiger charge is -2.49. The molecule has 2 unspecified atom stereocenters. The molecule has 1 rings (SSSR count). The highest BCUT2D eigenvalue weighted by Crippen LogP contribution is 2.35. The topological polar surface area (TPSA) is 23.5 Å². The van der Waals surface area contributed by atoms with E-state index in [0.29, 0.717) is 0 Å². The van der Waals surface area contributed by atoms with Crippen LogP contribution in [0.4, 0.5) is 0 Å². The number of aliphatic hydroxyl groups excluding tert-OH is 1. The molecule has 96 valence electrons. The third-order valence-corrected chi connectivity index (χ3v) is 4.20. The van der Waals surface area contributed by atoms with Crippen LogP contribution in [0.15, 0.2) is 0 Å². The predicted molar refractivity (Wildman–Crippen MR) is 69.6 cm³/mol. The normalized spacial score (nSPS) is 25.1. The molecule has 1 aliphatic rings. The van der Waals surface area contributed by atoms with E-state index < -0.39 is 0 Å². The zero-order chi connectivity index (χ0) is 12.4. The van der Waals surface area contributed by atoms with Gasteiger partial charge in [-0.15, -0.1) is 0 Å². The van der Waals surface area contributed by atoms with Crippen LogP contribution in [0.5, 0.6) is 0 Å². The highest BCUT2D eigenvalue weighted by atomic mass is 16.3. The zero-order valence-electron chi connectivity index (χ0n) is 11.7. The van der Waals surface area contributed by atoms with Gasteiger partial charge in [-0.1, -0.05) is 34.1 Å². The summed E-state index contributed by atoms with van der Waals surface area (Å²) < 4.78 is 0. The molecule has 1 fully saturated rings. The summed E-state index contributed by atoms with van der Waals surface area (Å²) in [5.41, 5.74) is -0.0964. The second-order valence-electron chi connectivity index (χ2n) is 6.53. The standard InChI is InChI=1S/C14H29NO/c1-6-14(5,12(16)13(2,3)4)15-10-8-7-9-11-15/h12,16H,6-11H2,1-5H3. The van der Waals surface area contributed by atoms with Gasteiger partial charge in [-0.2, -0.15) is 0 Å².